The molecule has 25 heavy (non-hydrogen) atoms. The lowest BCUT2D eigenvalue weighted by Gasteiger charge is -2.26. The van der Waals surface area contributed by atoms with Crippen LogP contribution in [-0.4, -0.2) is 49.2 Å². The van der Waals surface area contributed by atoms with Crippen molar-refractivity contribution in [2.24, 2.45) is 0 Å². The summed E-state index contributed by atoms with van der Waals surface area (Å²) in [6.07, 6.45) is 6.42. The standard InChI is InChI=1S/C17H20N4O3S/c1-25(23,24)12-6-7-14-13(9-12)16(19-10-18-14)21-8-2-3-15(21)17(22)20-11-4-5-11/h6-7,9-11,15H,2-5,8H2,1H3,(H,20,22). The van der Waals surface area contributed by atoms with Gasteiger partial charge in [-0.3, -0.25) is 4.79 Å². The summed E-state index contributed by atoms with van der Waals surface area (Å²) in [4.78, 5) is 23.4. The van der Waals surface area contributed by atoms with E-state index in [9.17, 15) is 13.2 Å². The van der Waals surface area contributed by atoms with Gasteiger partial charge in [0.2, 0.25) is 5.91 Å². The van der Waals surface area contributed by atoms with E-state index in [1.54, 1.807) is 18.2 Å². The van der Waals surface area contributed by atoms with Crippen LogP contribution >= 0.6 is 0 Å². The van der Waals surface area contributed by atoms with E-state index in [0.717, 1.165) is 32.2 Å². The van der Waals surface area contributed by atoms with E-state index >= 15 is 0 Å². The van der Waals surface area contributed by atoms with Crippen molar-refractivity contribution >= 4 is 32.5 Å². The van der Waals surface area contributed by atoms with Crippen LogP contribution in [-0.2, 0) is 14.6 Å². The molecule has 2 heterocycles. The Bertz CT molecular complexity index is 940. The third-order valence-electron chi connectivity index (χ3n) is 4.77. The van der Waals surface area contributed by atoms with Crippen molar-refractivity contribution in [1.29, 1.82) is 0 Å². The molecule has 2 aromatic rings. The first-order chi connectivity index (χ1) is 11.9. The molecule has 1 saturated heterocycles. The third-order valence-corrected chi connectivity index (χ3v) is 5.88. The zero-order chi connectivity index (χ0) is 17.6. The number of rotatable bonds is 4. The zero-order valence-electron chi connectivity index (χ0n) is 14.0. The molecule has 1 aromatic heterocycles. The Labute approximate surface area is 146 Å². The fraction of sp³-hybridized carbons (Fsp3) is 0.471. The predicted molar refractivity (Wildman–Crippen MR) is 94.2 cm³/mol. The molecule has 8 heteroatoms. The lowest BCUT2D eigenvalue weighted by molar-refractivity contribution is -0.122. The quantitative estimate of drug-likeness (QED) is 0.883. The van der Waals surface area contributed by atoms with E-state index in [0.29, 0.717) is 22.8 Å². The highest BCUT2D eigenvalue weighted by atomic mass is 32.2. The second-order valence-corrected chi connectivity index (χ2v) is 8.80. The second kappa shape index (κ2) is 5.94. The summed E-state index contributed by atoms with van der Waals surface area (Å²) in [7, 11) is -3.33. The van der Waals surface area contributed by atoms with E-state index in [1.807, 2.05) is 4.90 Å². The maximum absolute atomic E-state index is 12.5. The highest BCUT2D eigenvalue weighted by molar-refractivity contribution is 7.90. The van der Waals surface area contributed by atoms with E-state index in [-0.39, 0.29) is 16.8 Å². The van der Waals surface area contributed by atoms with Gasteiger partial charge < -0.3 is 10.2 Å². The summed E-state index contributed by atoms with van der Waals surface area (Å²) in [5.41, 5.74) is 0.672. The fourth-order valence-corrected chi connectivity index (χ4v) is 3.95. The van der Waals surface area contributed by atoms with Crippen molar-refractivity contribution in [3.63, 3.8) is 0 Å². The van der Waals surface area contributed by atoms with Crippen molar-refractivity contribution in [3.8, 4) is 0 Å². The maximum atomic E-state index is 12.5. The Balaban J connectivity index is 1.75. The molecule has 2 aliphatic rings. The number of carbonyl (C=O) groups excluding carboxylic acids is 1. The largest absolute Gasteiger partial charge is 0.352 e. The average Bonchev–Trinajstić information content (AvgIpc) is 3.25. The number of sulfone groups is 1. The summed E-state index contributed by atoms with van der Waals surface area (Å²) in [5.74, 6) is 0.662. The Kier molecular flexibility index (Phi) is 3.87. The van der Waals surface area contributed by atoms with Crippen LogP contribution < -0.4 is 10.2 Å². The minimum atomic E-state index is -3.33. The molecule has 7 nitrogen and oxygen atoms in total. The first-order valence-electron chi connectivity index (χ1n) is 8.45. The summed E-state index contributed by atoms with van der Waals surface area (Å²) in [5, 5.41) is 3.72. The number of hydrogen-bond acceptors (Lipinski definition) is 6. The zero-order valence-corrected chi connectivity index (χ0v) is 14.8. The van der Waals surface area contributed by atoms with Crippen LogP contribution in [0.25, 0.3) is 10.9 Å². The van der Waals surface area contributed by atoms with E-state index < -0.39 is 9.84 Å². The van der Waals surface area contributed by atoms with Crippen LogP contribution in [0.2, 0.25) is 0 Å². The van der Waals surface area contributed by atoms with Crippen LogP contribution in [0.5, 0.6) is 0 Å². The van der Waals surface area contributed by atoms with E-state index in [1.165, 1.54) is 12.6 Å². The van der Waals surface area contributed by atoms with Crippen molar-refractivity contribution in [1.82, 2.24) is 15.3 Å². The monoisotopic (exact) mass is 360 g/mol. The van der Waals surface area contributed by atoms with Gasteiger partial charge in [0.15, 0.2) is 9.84 Å². The van der Waals surface area contributed by atoms with Gasteiger partial charge in [0.1, 0.15) is 18.2 Å². The van der Waals surface area contributed by atoms with E-state index in [2.05, 4.69) is 15.3 Å². The van der Waals surface area contributed by atoms with Crippen LogP contribution in [0.4, 0.5) is 5.82 Å². The Hall–Kier alpha value is -2.22. The molecule has 1 aliphatic heterocycles. The molecule has 0 bridgehead atoms. The second-order valence-electron chi connectivity index (χ2n) is 6.78. The molecule has 1 aromatic carbocycles. The molecule has 0 spiro atoms. The molecule has 1 aliphatic carbocycles. The smallest absolute Gasteiger partial charge is 0.242 e. The van der Waals surface area contributed by atoms with Crippen LogP contribution in [0.15, 0.2) is 29.4 Å². The number of aromatic nitrogens is 2. The number of fused-ring (bicyclic) bond motifs is 1. The SMILES string of the molecule is CS(=O)(=O)c1ccc2ncnc(N3CCCC3C(=O)NC3CC3)c2c1. The van der Waals surface area contributed by atoms with Gasteiger partial charge in [-0.15, -0.1) is 0 Å². The summed E-state index contributed by atoms with van der Waals surface area (Å²) in [6.45, 7) is 0.720. The maximum Gasteiger partial charge on any atom is 0.242 e. The summed E-state index contributed by atoms with van der Waals surface area (Å²) < 4.78 is 23.8. The van der Waals surface area contributed by atoms with Crippen molar-refractivity contribution in [3.05, 3.63) is 24.5 Å². The lowest BCUT2D eigenvalue weighted by Crippen LogP contribution is -2.44. The van der Waals surface area contributed by atoms with Gasteiger partial charge in [0.25, 0.3) is 0 Å². The minimum absolute atomic E-state index is 0.0334. The van der Waals surface area contributed by atoms with Gasteiger partial charge in [-0.05, 0) is 43.9 Å². The highest BCUT2D eigenvalue weighted by Gasteiger charge is 2.35. The molecule has 1 atom stereocenters. The normalized spacial score (nSPS) is 20.8. The van der Waals surface area contributed by atoms with Gasteiger partial charge in [-0.25, -0.2) is 18.4 Å². The minimum Gasteiger partial charge on any atom is -0.352 e. The first kappa shape index (κ1) is 16.3. The van der Waals surface area contributed by atoms with Crippen LogP contribution in [0.3, 0.4) is 0 Å². The van der Waals surface area contributed by atoms with Crippen LogP contribution in [0, 0.1) is 0 Å². The molecule has 1 unspecified atom stereocenters. The third kappa shape index (κ3) is 3.18. The average molecular weight is 360 g/mol. The van der Waals surface area contributed by atoms with Crippen molar-refractivity contribution < 1.29 is 13.2 Å². The van der Waals surface area contributed by atoms with Gasteiger partial charge in [0.05, 0.1) is 10.4 Å². The highest BCUT2D eigenvalue weighted by Crippen LogP contribution is 2.31. The molecule has 2 fully saturated rings. The molecule has 0 radical (unpaired) electrons. The van der Waals surface area contributed by atoms with Gasteiger partial charge in [-0.1, -0.05) is 0 Å². The number of nitrogens with zero attached hydrogens (tertiary/aromatic N) is 3. The Morgan fingerprint density at radius 1 is 1.24 bits per heavy atom. The van der Waals surface area contributed by atoms with Crippen molar-refractivity contribution in [2.45, 2.75) is 42.7 Å². The Morgan fingerprint density at radius 3 is 2.76 bits per heavy atom. The number of amides is 1. The number of carbonyl (C=O) groups is 1. The number of benzene rings is 1. The number of nitrogens with one attached hydrogen (secondary N) is 1. The molecule has 1 N–H and O–H groups in total. The van der Waals surface area contributed by atoms with Gasteiger partial charge in [-0.2, -0.15) is 0 Å². The first-order valence-corrected chi connectivity index (χ1v) is 10.3. The summed E-state index contributed by atoms with van der Waals surface area (Å²) >= 11 is 0. The van der Waals surface area contributed by atoms with Gasteiger partial charge >= 0.3 is 0 Å². The number of anilines is 1. The molecule has 1 amide bonds. The molecule has 132 valence electrons. The summed E-state index contributed by atoms with van der Waals surface area (Å²) in [6, 6.07) is 4.89. The van der Waals surface area contributed by atoms with Gasteiger partial charge in [0, 0.05) is 24.2 Å². The lowest BCUT2D eigenvalue weighted by atomic mass is 10.2. The topological polar surface area (TPSA) is 92.3 Å². The van der Waals surface area contributed by atoms with Crippen molar-refractivity contribution in [2.75, 3.05) is 17.7 Å². The van der Waals surface area contributed by atoms with Crippen LogP contribution in [0.1, 0.15) is 25.7 Å². The van der Waals surface area contributed by atoms with E-state index in [4.69, 9.17) is 0 Å². The number of hydrogen-bond donors (Lipinski definition) is 1. The molecule has 1 saturated carbocycles. The molecular weight excluding hydrogens is 340 g/mol. The predicted octanol–water partition coefficient (Wildman–Crippen LogP) is 1.28. The Morgan fingerprint density at radius 2 is 2.04 bits per heavy atom. The fourth-order valence-electron chi connectivity index (χ4n) is 3.30. The molecular formula is C17H20N4O3S. The molecule has 4 rings (SSSR count).